The molecule has 0 fully saturated rings. The fourth-order valence-corrected chi connectivity index (χ4v) is 2.20. The number of carbonyl (C=O) groups is 1. The van der Waals surface area contributed by atoms with Crippen LogP contribution in [0.1, 0.15) is 23.7 Å². The Kier molecular flexibility index (Phi) is 5.25. The van der Waals surface area contributed by atoms with Crippen molar-refractivity contribution in [1.29, 1.82) is 0 Å². The molecule has 0 heterocycles. The van der Waals surface area contributed by atoms with Gasteiger partial charge in [-0.05, 0) is 41.4 Å². The van der Waals surface area contributed by atoms with Gasteiger partial charge in [0.25, 0.3) is 5.91 Å². The molecule has 5 heteroatoms. The van der Waals surface area contributed by atoms with Gasteiger partial charge < -0.3 is 10.4 Å². The van der Waals surface area contributed by atoms with E-state index in [4.69, 9.17) is 16.7 Å². The summed E-state index contributed by atoms with van der Waals surface area (Å²) >= 11 is 9.23. The van der Waals surface area contributed by atoms with Crippen molar-refractivity contribution < 1.29 is 9.90 Å². The number of nitrogens with one attached hydrogen (secondary N) is 1. The first-order chi connectivity index (χ1) is 7.56. The summed E-state index contributed by atoms with van der Waals surface area (Å²) < 4.78 is 0.661. The smallest absolute Gasteiger partial charge is 0.254 e. The molecule has 88 valence electrons. The summed E-state index contributed by atoms with van der Waals surface area (Å²) in [6.45, 7) is 1.88. The van der Waals surface area contributed by atoms with Crippen LogP contribution in [0.25, 0.3) is 0 Å². The Labute approximate surface area is 108 Å². The van der Waals surface area contributed by atoms with E-state index in [9.17, 15) is 4.79 Å². The van der Waals surface area contributed by atoms with Gasteiger partial charge in [-0.3, -0.25) is 4.79 Å². The molecule has 16 heavy (non-hydrogen) atoms. The zero-order valence-corrected chi connectivity index (χ0v) is 11.2. The van der Waals surface area contributed by atoms with Gasteiger partial charge in [0.2, 0.25) is 0 Å². The molecule has 0 aliphatic carbocycles. The average Bonchev–Trinajstić information content (AvgIpc) is 2.17. The Morgan fingerprint density at radius 3 is 2.88 bits per heavy atom. The van der Waals surface area contributed by atoms with E-state index in [1.807, 2.05) is 6.92 Å². The molecule has 1 atom stereocenters. The van der Waals surface area contributed by atoms with E-state index in [1.54, 1.807) is 18.2 Å². The Morgan fingerprint density at radius 2 is 2.31 bits per heavy atom. The zero-order valence-electron chi connectivity index (χ0n) is 8.84. The van der Waals surface area contributed by atoms with Crippen molar-refractivity contribution in [2.45, 2.75) is 19.4 Å². The molecule has 0 radical (unpaired) electrons. The topological polar surface area (TPSA) is 49.3 Å². The molecule has 0 saturated heterocycles. The van der Waals surface area contributed by atoms with Crippen LogP contribution in [0.4, 0.5) is 0 Å². The summed E-state index contributed by atoms with van der Waals surface area (Å²) in [4.78, 5) is 11.9. The summed E-state index contributed by atoms with van der Waals surface area (Å²) in [5.74, 6) is -0.238. The number of hydrogen-bond donors (Lipinski definition) is 2. The van der Waals surface area contributed by atoms with Crippen molar-refractivity contribution in [1.82, 2.24) is 5.32 Å². The molecule has 0 aromatic heterocycles. The second-order valence-corrected chi connectivity index (χ2v) is 4.74. The average molecular weight is 307 g/mol. The number of carbonyl (C=O) groups excluding carboxylic acids is 1. The summed E-state index contributed by atoms with van der Waals surface area (Å²) in [6, 6.07) is 5.11. The molecule has 1 unspecified atom stereocenters. The molecule has 3 nitrogen and oxygen atoms in total. The Morgan fingerprint density at radius 1 is 1.62 bits per heavy atom. The lowest BCUT2D eigenvalue weighted by molar-refractivity contribution is 0.0934. The molecule has 0 aliphatic rings. The van der Waals surface area contributed by atoms with Crippen LogP contribution in [0, 0.1) is 0 Å². The number of rotatable bonds is 4. The molecule has 1 aromatic rings. The fraction of sp³-hybridized carbons (Fsp3) is 0.364. The van der Waals surface area contributed by atoms with Crippen molar-refractivity contribution in [3.63, 3.8) is 0 Å². The van der Waals surface area contributed by atoms with Gasteiger partial charge in [0, 0.05) is 17.1 Å². The minimum atomic E-state index is -0.238. The molecule has 0 aliphatic heterocycles. The summed E-state index contributed by atoms with van der Waals surface area (Å²) in [7, 11) is 0. The quantitative estimate of drug-likeness (QED) is 0.898. The summed E-state index contributed by atoms with van der Waals surface area (Å²) in [6.07, 6.45) is 0.522. The van der Waals surface area contributed by atoms with Gasteiger partial charge in [-0.15, -0.1) is 0 Å². The van der Waals surface area contributed by atoms with E-state index in [-0.39, 0.29) is 18.6 Å². The van der Waals surface area contributed by atoms with Crippen LogP contribution < -0.4 is 5.32 Å². The van der Waals surface area contributed by atoms with Gasteiger partial charge in [0.05, 0.1) is 10.6 Å². The van der Waals surface area contributed by atoms with Gasteiger partial charge in [0.15, 0.2) is 0 Å². The number of amides is 1. The van der Waals surface area contributed by atoms with E-state index in [2.05, 4.69) is 21.2 Å². The lowest BCUT2D eigenvalue weighted by Crippen LogP contribution is -2.33. The molecular weight excluding hydrogens is 293 g/mol. The maximum absolute atomic E-state index is 11.9. The second kappa shape index (κ2) is 6.23. The Balaban J connectivity index is 2.80. The van der Waals surface area contributed by atoms with Gasteiger partial charge in [-0.25, -0.2) is 0 Å². The molecule has 1 aromatic carbocycles. The van der Waals surface area contributed by atoms with Crippen molar-refractivity contribution in [2.75, 3.05) is 6.61 Å². The highest BCUT2D eigenvalue weighted by Crippen LogP contribution is 2.24. The monoisotopic (exact) mass is 305 g/mol. The third-order valence-electron chi connectivity index (χ3n) is 2.13. The van der Waals surface area contributed by atoms with Crippen LogP contribution in [-0.4, -0.2) is 23.7 Å². The fourth-order valence-electron chi connectivity index (χ4n) is 1.28. The minimum absolute atomic E-state index is 0.0468. The van der Waals surface area contributed by atoms with Crippen molar-refractivity contribution in [3.8, 4) is 0 Å². The van der Waals surface area contributed by atoms with Crippen LogP contribution in [0.15, 0.2) is 22.7 Å². The lowest BCUT2D eigenvalue weighted by atomic mass is 10.2. The van der Waals surface area contributed by atoms with E-state index in [1.165, 1.54) is 0 Å². The summed E-state index contributed by atoms with van der Waals surface area (Å²) in [5.41, 5.74) is 0.425. The van der Waals surface area contributed by atoms with Crippen LogP contribution in [0.5, 0.6) is 0 Å². The second-order valence-electron chi connectivity index (χ2n) is 3.48. The number of aliphatic hydroxyl groups excluding tert-OH is 1. The molecular formula is C11H13BrClNO2. The highest BCUT2D eigenvalue weighted by molar-refractivity contribution is 9.10. The highest BCUT2D eigenvalue weighted by Gasteiger charge is 2.15. The van der Waals surface area contributed by atoms with Crippen LogP contribution in [0.2, 0.25) is 5.02 Å². The van der Waals surface area contributed by atoms with E-state index in [0.717, 1.165) is 0 Å². The molecule has 1 amide bonds. The summed E-state index contributed by atoms with van der Waals surface area (Å²) in [5, 5.41) is 11.9. The van der Waals surface area contributed by atoms with Gasteiger partial charge in [-0.1, -0.05) is 17.7 Å². The van der Waals surface area contributed by atoms with Crippen molar-refractivity contribution in [2.24, 2.45) is 0 Å². The lowest BCUT2D eigenvalue weighted by Gasteiger charge is -2.13. The Bertz CT molecular complexity index is 364. The van der Waals surface area contributed by atoms with Crippen LogP contribution in [0.3, 0.4) is 0 Å². The predicted octanol–water partition coefficient (Wildman–Crippen LogP) is 2.60. The molecule has 1 rings (SSSR count). The van der Waals surface area contributed by atoms with E-state index >= 15 is 0 Å². The van der Waals surface area contributed by atoms with Gasteiger partial charge in [0.1, 0.15) is 0 Å². The van der Waals surface area contributed by atoms with E-state index < -0.39 is 0 Å². The largest absolute Gasteiger partial charge is 0.396 e. The van der Waals surface area contributed by atoms with Crippen LogP contribution >= 0.6 is 27.5 Å². The highest BCUT2D eigenvalue weighted by atomic mass is 79.9. The minimum Gasteiger partial charge on any atom is -0.396 e. The predicted molar refractivity (Wildman–Crippen MR) is 67.8 cm³/mol. The maximum atomic E-state index is 11.9. The van der Waals surface area contributed by atoms with Crippen molar-refractivity contribution in [3.05, 3.63) is 33.3 Å². The first-order valence-electron chi connectivity index (χ1n) is 4.92. The number of benzene rings is 1. The standard InChI is InChI=1S/C11H13BrClNO2/c1-7(5-6-15)14-11(16)10-8(12)3-2-4-9(10)13/h2-4,7,15H,5-6H2,1H3,(H,14,16). The first-order valence-corrected chi connectivity index (χ1v) is 6.09. The Hall–Kier alpha value is -0.580. The molecule has 0 saturated carbocycles. The SMILES string of the molecule is CC(CCO)NC(=O)c1c(Cl)cccc1Br. The normalized spacial score (nSPS) is 12.2. The third kappa shape index (κ3) is 3.47. The van der Waals surface area contributed by atoms with Crippen LogP contribution in [-0.2, 0) is 0 Å². The molecule has 0 bridgehead atoms. The van der Waals surface area contributed by atoms with Gasteiger partial charge >= 0.3 is 0 Å². The molecule has 0 spiro atoms. The first kappa shape index (κ1) is 13.5. The third-order valence-corrected chi connectivity index (χ3v) is 3.11. The zero-order chi connectivity index (χ0) is 12.1. The van der Waals surface area contributed by atoms with E-state index in [0.29, 0.717) is 21.5 Å². The number of hydrogen-bond acceptors (Lipinski definition) is 2. The number of halogens is 2. The van der Waals surface area contributed by atoms with Crippen molar-refractivity contribution >= 4 is 33.4 Å². The molecule has 2 N–H and O–H groups in total. The maximum Gasteiger partial charge on any atom is 0.254 e. The number of aliphatic hydroxyl groups is 1. The van der Waals surface area contributed by atoms with Gasteiger partial charge in [-0.2, -0.15) is 0 Å².